The number of ether oxygens (including phenoxy) is 1. The predicted molar refractivity (Wildman–Crippen MR) is 69.4 cm³/mol. The lowest BCUT2D eigenvalue weighted by molar-refractivity contribution is -0.137. The molecule has 19 heavy (non-hydrogen) atoms. The third-order valence-corrected chi connectivity index (χ3v) is 2.90. The fourth-order valence-electron chi connectivity index (χ4n) is 2.04. The highest BCUT2D eigenvalue weighted by atomic mass is 16.5. The van der Waals surface area contributed by atoms with Crippen LogP contribution in [-0.2, 0) is 11.2 Å². The molecule has 0 aromatic heterocycles. The minimum atomic E-state index is -1.04. The summed E-state index contributed by atoms with van der Waals surface area (Å²) in [6.45, 7) is 4.03. The van der Waals surface area contributed by atoms with Crippen molar-refractivity contribution < 1.29 is 19.4 Å². The molecule has 0 saturated heterocycles. The summed E-state index contributed by atoms with van der Waals surface area (Å²) in [6.07, 6.45) is 2.29. The first-order valence-corrected chi connectivity index (χ1v) is 5.99. The third kappa shape index (κ3) is 2.93. The summed E-state index contributed by atoms with van der Waals surface area (Å²) in [5.41, 5.74) is 1.46. The molecule has 0 atom stereocenters. The smallest absolute Gasteiger partial charge is 0.323 e. The van der Waals surface area contributed by atoms with Gasteiger partial charge in [0.25, 0.3) is 5.91 Å². The quantitative estimate of drug-likeness (QED) is 0.812. The summed E-state index contributed by atoms with van der Waals surface area (Å²) in [5.74, 6) is -0.554. The Morgan fingerprint density at radius 2 is 2.26 bits per heavy atom. The molecule has 1 heterocycles. The monoisotopic (exact) mass is 261 g/mol. The van der Waals surface area contributed by atoms with Gasteiger partial charge in [-0.1, -0.05) is 6.08 Å². The van der Waals surface area contributed by atoms with E-state index in [0.29, 0.717) is 12.2 Å². The van der Waals surface area contributed by atoms with Gasteiger partial charge in [0.2, 0.25) is 0 Å². The van der Waals surface area contributed by atoms with Crippen LogP contribution in [0.1, 0.15) is 15.9 Å². The molecule has 2 rings (SSSR count). The van der Waals surface area contributed by atoms with Crippen molar-refractivity contribution in [1.29, 1.82) is 0 Å². The largest absolute Gasteiger partial charge is 0.493 e. The Morgan fingerprint density at radius 1 is 1.47 bits per heavy atom. The van der Waals surface area contributed by atoms with Crippen LogP contribution in [0.25, 0.3) is 0 Å². The van der Waals surface area contributed by atoms with Crippen molar-refractivity contribution in [2.75, 3.05) is 19.7 Å². The van der Waals surface area contributed by atoms with Crippen molar-refractivity contribution >= 4 is 11.9 Å². The van der Waals surface area contributed by atoms with Gasteiger partial charge < -0.3 is 14.7 Å². The number of fused-ring (bicyclic) bond motifs is 1. The molecular formula is C14H15NO4. The van der Waals surface area contributed by atoms with Crippen molar-refractivity contribution in [3.8, 4) is 5.75 Å². The number of nitrogens with zero attached hydrogens (tertiary/aromatic N) is 1. The Kier molecular flexibility index (Phi) is 3.85. The molecule has 1 amide bonds. The van der Waals surface area contributed by atoms with Crippen molar-refractivity contribution in [1.82, 2.24) is 4.90 Å². The van der Waals surface area contributed by atoms with Gasteiger partial charge in [0.05, 0.1) is 6.61 Å². The van der Waals surface area contributed by atoms with Crippen molar-refractivity contribution in [3.05, 3.63) is 42.0 Å². The molecule has 0 saturated carbocycles. The van der Waals surface area contributed by atoms with E-state index in [-0.39, 0.29) is 19.0 Å². The van der Waals surface area contributed by atoms with Gasteiger partial charge in [-0.2, -0.15) is 0 Å². The second-order valence-corrected chi connectivity index (χ2v) is 4.29. The molecule has 5 heteroatoms. The second kappa shape index (κ2) is 5.56. The molecule has 0 radical (unpaired) electrons. The second-order valence-electron chi connectivity index (χ2n) is 4.29. The summed E-state index contributed by atoms with van der Waals surface area (Å²) in [6, 6.07) is 5.18. The molecule has 0 fully saturated rings. The average Bonchev–Trinajstić information content (AvgIpc) is 2.84. The summed E-state index contributed by atoms with van der Waals surface area (Å²) in [4.78, 5) is 24.2. The molecule has 1 aliphatic heterocycles. The number of carbonyl (C=O) groups excluding carboxylic acids is 1. The lowest BCUT2D eigenvalue weighted by Crippen LogP contribution is -2.35. The van der Waals surface area contributed by atoms with E-state index in [1.54, 1.807) is 18.2 Å². The van der Waals surface area contributed by atoms with Crippen LogP contribution in [0, 0.1) is 0 Å². The zero-order chi connectivity index (χ0) is 13.8. The minimum Gasteiger partial charge on any atom is -0.493 e. The van der Waals surface area contributed by atoms with Crippen LogP contribution < -0.4 is 4.74 Å². The average molecular weight is 261 g/mol. The molecule has 0 spiro atoms. The first kappa shape index (κ1) is 13.1. The summed E-state index contributed by atoms with van der Waals surface area (Å²) in [5, 5.41) is 8.81. The standard InChI is InChI=1S/C14H15NO4/c1-2-6-15(9-13(16)17)14(18)11-3-4-12-10(8-11)5-7-19-12/h2-4,8H,1,5-7,9H2,(H,16,17). The lowest BCUT2D eigenvalue weighted by atomic mass is 10.1. The highest BCUT2D eigenvalue weighted by molar-refractivity contribution is 5.96. The number of carbonyl (C=O) groups is 2. The molecular weight excluding hydrogens is 246 g/mol. The first-order chi connectivity index (χ1) is 9.11. The molecule has 1 aromatic carbocycles. The van der Waals surface area contributed by atoms with E-state index in [9.17, 15) is 9.59 Å². The van der Waals surface area contributed by atoms with Crippen LogP contribution >= 0.6 is 0 Å². The Balaban J connectivity index is 2.21. The van der Waals surface area contributed by atoms with E-state index in [0.717, 1.165) is 17.7 Å². The fraction of sp³-hybridized carbons (Fsp3) is 0.286. The van der Waals surface area contributed by atoms with Crippen LogP contribution in [-0.4, -0.2) is 41.6 Å². The zero-order valence-corrected chi connectivity index (χ0v) is 10.5. The van der Waals surface area contributed by atoms with Crippen molar-refractivity contribution in [2.45, 2.75) is 6.42 Å². The van der Waals surface area contributed by atoms with E-state index in [4.69, 9.17) is 9.84 Å². The summed E-state index contributed by atoms with van der Waals surface area (Å²) in [7, 11) is 0. The zero-order valence-electron chi connectivity index (χ0n) is 10.5. The molecule has 100 valence electrons. The van der Waals surface area contributed by atoms with Crippen LogP contribution in [0.3, 0.4) is 0 Å². The van der Waals surface area contributed by atoms with E-state index in [1.807, 2.05) is 0 Å². The maximum atomic E-state index is 12.2. The number of hydrogen-bond acceptors (Lipinski definition) is 3. The van der Waals surface area contributed by atoms with Gasteiger partial charge in [0.15, 0.2) is 0 Å². The fourth-order valence-corrected chi connectivity index (χ4v) is 2.04. The number of carboxylic acid groups (broad SMARTS) is 1. The summed E-state index contributed by atoms with van der Waals surface area (Å²) >= 11 is 0. The van der Waals surface area contributed by atoms with Gasteiger partial charge in [-0.05, 0) is 23.8 Å². The van der Waals surface area contributed by atoms with Crippen molar-refractivity contribution in [3.63, 3.8) is 0 Å². The highest BCUT2D eigenvalue weighted by Crippen LogP contribution is 2.26. The Hall–Kier alpha value is -2.30. The van der Waals surface area contributed by atoms with E-state index < -0.39 is 5.97 Å². The Morgan fingerprint density at radius 3 is 2.95 bits per heavy atom. The minimum absolute atomic E-state index is 0.207. The number of carboxylic acids is 1. The maximum absolute atomic E-state index is 12.2. The predicted octanol–water partition coefficient (Wildman–Crippen LogP) is 1.33. The maximum Gasteiger partial charge on any atom is 0.323 e. The first-order valence-electron chi connectivity index (χ1n) is 5.99. The van der Waals surface area contributed by atoms with Crippen LogP contribution in [0.2, 0.25) is 0 Å². The van der Waals surface area contributed by atoms with E-state index >= 15 is 0 Å². The lowest BCUT2D eigenvalue weighted by Gasteiger charge is -2.19. The molecule has 0 unspecified atom stereocenters. The number of benzene rings is 1. The van der Waals surface area contributed by atoms with E-state index in [2.05, 4.69) is 6.58 Å². The highest BCUT2D eigenvalue weighted by Gasteiger charge is 2.20. The normalized spacial score (nSPS) is 12.4. The SMILES string of the molecule is C=CCN(CC(=O)O)C(=O)c1ccc2c(c1)CCO2. The molecule has 1 N–H and O–H groups in total. The van der Waals surface area contributed by atoms with Gasteiger partial charge in [-0.15, -0.1) is 6.58 Å². The van der Waals surface area contributed by atoms with Gasteiger partial charge in [-0.25, -0.2) is 0 Å². The number of aliphatic carboxylic acids is 1. The Bertz CT molecular complexity index is 524. The van der Waals surface area contributed by atoms with Crippen LogP contribution in [0.4, 0.5) is 0 Å². The van der Waals surface area contributed by atoms with Gasteiger partial charge in [0.1, 0.15) is 12.3 Å². The van der Waals surface area contributed by atoms with Crippen LogP contribution in [0.5, 0.6) is 5.75 Å². The van der Waals surface area contributed by atoms with Crippen molar-refractivity contribution in [2.24, 2.45) is 0 Å². The van der Waals surface area contributed by atoms with Gasteiger partial charge >= 0.3 is 5.97 Å². The number of amides is 1. The van der Waals surface area contributed by atoms with Gasteiger partial charge in [-0.3, -0.25) is 9.59 Å². The molecule has 5 nitrogen and oxygen atoms in total. The molecule has 1 aliphatic rings. The molecule has 0 aliphatic carbocycles. The van der Waals surface area contributed by atoms with Crippen LogP contribution in [0.15, 0.2) is 30.9 Å². The molecule has 0 bridgehead atoms. The summed E-state index contributed by atoms with van der Waals surface area (Å²) < 4.78 is 5.37. The topological polar surface area (TPSA) is 66.8 Å². The van der Waals surface area contributed by atoms with Gasteiger partial charge in [0, 0.05) is 18.5 Å². The number of rotatable bonds is 5. The number of hydrogen-bond donors (Lipinski definition) is 1. The molecule has 1 aromatic rings. The third-order valence-electron chi connectivity index (χ3n) is 2.90. The van der Waals surface area contributed by atoms with E-state index in [1.165, 1.54) is 11.0 Å². The Labute approximate surface area is 111 Å².